The predicted molar refractivity (Wildman–Crippen MR) is 66.6 cm³/mol. The van der Waals surface area contributed by atoms with Crippen LogP contribution in [0.3, 0.4) is 0 Å². The van der Waals surface area contributed by atoms with Gasteiger partial charge in [-0.25, -0.2) is 0 Å². The fourth-order valence-corrected chi connectivity index (χ4v) is 2.23. The first-order valence-corrected chi connectivity index (χ1v) is 5.63. The lowest BCUT2D eigenvalue weighted by Crippen LogP contribution is -2.53. The zero-order chi connectivity index (χ0) is 11.5. The number of para-hydroxylation sites is 2. The molecule has 1 heterocycles. The Hall–Kier alpha value is -1.26. The Balaban J connectivity index is 2.22. The second-order valence-corrected chi connectivity index (χ2v) is 4.35. The molecule has 0 bridgehead atoms. The number of hydrogen-bond acceptors (Lipinski definition) is 4. The molecule has 0 spiro atoms. The third-order valence-electron chi connectivity index (χ3n) is 3.14. The summed E-state index contributed by atoms with van der Waals surface area (Å²) in [5, 5.41) is 9.42. The maximum atomic E-state index is 9.42. The molecule has 0 aromatic heterocycles. The first kappa shape index (κ1) is 11.2. The van der Waals surface area contributed by atoms with Gasteiger partial charge in [0.05, 0.1) is 24.0 Å². The van der Waals surface area contributed by atoms with Crippen molar-refractivity contribution in [1.29, 1.82) is 0 Å². The Morgan fingerprint density at radius 3 is 2.81 bits per heavy atom. The summed E-state index contributed by atoms with van der Waals surface area (Å²) in [4.78, 5) is 4.44. The molecule has 16 heavy (non-hydrogen) atoms. The summed E-state index contributed by atoms with van der Waals surface area (Å²) in [6, 6.07) is 7.98. The summed E-state index contributed by atoms with van der Waals surface area (Å²) < 4.78 is 0. The minimum atomic E-state index is 0.142. The first-order chi connectivity index (χ1) is 7.72. The monoisotopic (exact) mass is 221 g/mol. The van der Waals surface area contributed by atoms with E-state index in [4.69, 9.17) is 5.73 Å². The molecule has 3 N–H and O–H groups in total. The zero-order valence-electron chi connectivity index (χ0n) is 9.63. The smallest absolute Gasteiger partial charge is 0.0649 e. The minimum Gasteiger partial charge on any atom is -0.397 e. The molecule has 88 valence electrons. The van der Waals surface area contributed by atoms with Gasteiger partial charge in [0.15, 0.2) is 0 Å². The molecule has 1 saturated heterocycles. The molecule has 1 aromatic carbocycles. The van der Waals surface area contributed by atoms with Crippen molar-refractivity contribution < 1.29 is 5.11 Å². The number of nitrogens with two attached hydrogens (primary N) is 1. The summed E-state index contributed by atoms with van der Waals surface area (Å²) in [6.45, 7) is 2.96. The molecule has 1 fully saturated rings. The number of nitrogens with zero attached hydrogens (tertiary/aromatic N) is 2. The Kier molecular flexibility index (Phi) is 3.31. The average molecular weight is 221 g/mol. The fraction of sp³-hybridized carbons (Fsp3) is 0.500. The van der Waals surface area contributed by atoms with Crippen molar-refractivity contribution >= 4 is 11.4 Å². The maximum absolute atomic E-state index is 9.42. The molecule has 1 aliphatic rings. The second kappa shape index (κ2) is 4.72. The molecule has 0 aliphatic carbocycles. The van der Waals surface area contributed by atoms with E-state index in [-0.39, 0.29) is 12.6 Å². The largest absolute Gasteiger partial charge is 0.397 e. The normalized spacial score (nSPS) is 22.4. The Morgan fingerprint density at radius 2 is 2.12 bits per heavy atom. The van der Waals surface area contributed by atoms with Crippen molar-refractivity contribution in [3.05, 3.63) is 24.3 Å². The van der Waals surface area contributed by atoms with E-state index in [2.05, 4.69) is 16.8 Å². The number of likely N-dealkylation sites (N-methyl/N-ethyl adjacent to an activating group) is 1. The van der Waals surface area contributed by atoms with E-state index in [0.29, 0.717) is 0 Å². The zero-order valence-corrected chi connectivity index (χ0v) is 9.63. The van der Waals surface area contributed by atoms with Crippen LogP contribution in [0.25, 0.3) is 0 Å². The number of hydrogen-bond donors (Lipinski definition) is 2. The van der Waals surface area contributed by atoms with Crippen molar-refractivity contribution in [2.45, 2.75) is 6.04 Å². The van der Waals surface area contributed by atoms with Gasteiger partial charge in [0, 0.05) is 19.6 Å². The number of nitrogen functional groups attached to an aromatic ring is 1. The van der Waals surface area contributed by atoms with Gasteiger partial charge in [0.2, 0.25) is 0 Å². The minimum absolute atomic E-state index is 0.142. The highest BCUT2D eigenvalue weighted by Crippen LogP contribution is 2.26. The van der Waals surface area contributed by atoms with Crippen LogP contribution >= 0.6 is 0 Å². The Bertz CT molecular complexity index is 356. The van der Waals surface area contributed by atoms with E-state index in [1.54, 1.807) is 0 Å². The molecule has 2 rings (SSSR count). The van der Waals surface area contributed by atoms with Crippen molar-refractivity contribution in [3.63, 3.8) is 0 Å². The van der Waals surface area contributed by atoms with Crippen LogP contribution < -0.4 is 10.6 Å². The van der Waals surface area contributed by atoms with E-state index in [1.165, 1.54) is 0 Å². The van der Waals surface area contributed by atoms with Crippen molar-refractivity contribution in [2.24, 2.45) is 0 Å². The Morgan fingerprint density at radius 1 is 1.38 bits per heavy atom. The average Bonchev–Trinajstić information content (AvgIpc) is 2.30. The number of aliphatic hydroxyl groups is 1. The van der Waals surface area contributed by atoms with Crippen LogP contribution in [-0.4, -0.2) is 49.3 Å². The SMILES string of the molecule is CN1CCN(c2ccccc2N)C(CO)C1. The summed E-state index contributed by atoms with van der Waals surface area (Å²) in [5.41, 5.74) is 7.79. The van der Waals surface area contributed by atoms with Gasteiger partial charge in [0.1, 0.15) is 0 Å². The second-order valence-electron chi connectivity index (χ2n) is 4.35. The van der Waals surface area contributed by atoms with Gasteiger partial charge >= 0.3 is 0 Å². The summed E-state index contributed by atoms with van der Waals surface area (Å²) >= 11 is 0. The van der Waals surface area contributed by atoms with E-state index >= 15 is 0 Å². The lowest BCUT2D eigenvalue weighted by atomic mass is 10.1. The van der Waals surface area contributed by atoms with Crippen LogP contribution in [0.2, 0.25) is 0 Å². The van der Waals surface area contributed by atoms with Crippen molar-refractivity contribution in [3.8, 4) is 0 Å². The van der Waals surface area contributed by atoms with Gasteiger partial charge in [0.25, 0.3) is 0 Å². The molecule has 1 atom stereocenters. The van der Waals surface area contributed by atoms with Gasteiger partial charge in [-0.1, -0.05) is 12.1 Å². The van der Waals surface area contributed by atoms with Crippen molar-refractivity contribution in [2.75, 3.05) is 43.9 Å². The van der Waals surface area contributed by atoms with Gasteiger partial charge < -0.3 is 20.6 Å². The number of benzene rings is 1. The molecule has 0 radical (unpaired) electrons. The van der Waals surface area contributed by atoms with Crippen LogP contribution in [0.1, 0.15) is 0 Å². The molecule has 1 aliphatic heterocycles. The van der Waals surface area contributed by atoms with E-state index in [1.807, 2.05) is 24.3 Å². The standard InChI is InChI=1S/C12H19N3O/c1-14-6-7-15(10(8-14)9-16)12-5-3-2-4-11(12)13/h2-5,10,16H,6-9,13H2,1H3. The topological polar surface area (TPSA) is 52.7 Å². The first-order valence-electron chi connectivity index (χ1n) is 5.63. The molecular weight excluding hydrogens is 202 g/mol. The number of rotatable bonds is 2. The molecule has 0 amide bonds. The molecule has 4 heteroatoms. The van der Waals surface area contributed by atoms with Gasteiger partial charge in [-0.15, -0.1) is 0 Å². The summed E-state index contributed by atoms with van der Waals surface area (Å²) in [5.74, 6) is 0. The quantitative estimate of drug-likeness (QED) is 0.709. The molecular formula is C12H19N3O. The van der Waals surface area contributed by atoms with Crippen LogP contribution in [0.4, 0.5) is 11.4 Å². The van der Waals surface area contributed by atoms with Gasteiger partial charge in [-0.2, -0.15) is 0 Å². The predicted octanol–water partition coefficient (Wildman–Crippen LogP) is 0.382. The Labute approximate surface area is 96.3 Å². The summed E-state index contributed by atoms with van der Waals surface area (Å²) in [6.07, 6.45) is 0. The number of anilines is 2. The maximum Gasteiger partial charge on any atom is 0.0649 e. The fourth-order valence-electron chi connectivity index (χ4n) is 2.23. The third kappa shape index (κ3) is 2.13. The van der Waals surface area contributed by atoms with Crippen molar-refractivity contribution in [1.82, 2.24) is 4.90 Å². The van der Waals surface area contributed by atoms with Crippen LogP contribution in [0.15, 0.2) is 24.3 Å². The van der Waals surface area contributed by atoms with Crippen LogP contribution in [0, 0.1) is 0 Å². The highest BCUT2D eigenvalue weighted by molar-refractivity contribution is 5.68. The van der Waals surface area contributed by atoms with Gasteiger partial charge in [-0.05, 0) is 19.2 Å². The lowest BCUT2D eigenvalue weighted by molar-refractivity contribution is 0.191. The molecule has 1 aromatic rings. The van der Waals surface area contributed by atoms with Crippen LogP contribution in [-0.2, 0) is 0 Å². The highest BCUT2D eigenvalue weighted by Gasteiger charge is 2.25. The van der Waals surface area contributed by atoms with E-state index in [0.717, 1.165) is 31.0 Å². The van der Waals surface area contributed by atoms with Crippen LogP contribution in [0.5, 0.6) is 0 Å². The summed E-state index contributed by atoms with van der Waals surface area (Å²) in [7, 11) is 2.08. The third-order valence-corrected chi connectivity index (χ3v) is 3.14. The molecule has 4 nitrogen and oxygen atoms in total. The van der Waals surface area contributed by atoms with Gasteiger partial charge in [-0.3, -0.25) is 0 Å². The number of aliphatic hydroxyl groups excluding tert-OH is 1. The highest BCUT2D eigenvalue weighted by atomic mass is 16.3. The van der Waals surface area contributed by atoms with E-state index in [9.17, 15) is 5.11 Å². The lowest BCUT2D eigenvalue weighted by Gasteiger charge is -2.41. The van der Waals surface area contributed by atoms with E-state index < -0.39 is 0 Å². The molecule has 1 unspecified atom stereocenters. The molecule has 0 saturated carbocycles. The number of piperazine rings is 1.